The van der Waals surface area contributed by atoms with Gasteiger partial charge in [-0.15, -0.1) is 0 Å². The Labute approximate surface area is 186 Å². The number of para-hydroxylation sites is 1. The highest BCUT2D eigenvalue weighted by atomic mass is 16.5. The molecule has 0 aliphatic heterocycles. The van der Waals surface area contributed by atoms with E-state index in [4.69, 9.17) is 10.5 Å². The zero-order valence-corrected chi connectivity index (χ0v) is 18.1. The van der Waals surface area contributed by atoms with Gasteiger partial charge in [0.25, 0.3) is 0 Å². The number of nitrogens with two attached hydrogens (primary N) is 1. The topological polar surface area (TPSA) is 93.4 Å². The van der Waals surface area contributed by atoms with Gasteiger partial charge in [0.05, 0.1) is 23.5 Å². The van der Waals surface area contributed by atoms with Crippen LogP contribution in [0.2, 0.25) is 0 Å². The quantitative estimate of drug-likeness (QED) is 0.387. The van der Waals surface area contributed by atoms with E-state index < -0.39 is 5.97 Å². The molecule has 7 heteroatoms. The van der Waals surface area contributed by atoms with Crippen LogP contribution in [0.25, 0.3) is 10.8 Å². The van der Waals surface area contributed by atoms with E-state index in [1.54, 1.807) is 25.1 Å². The van der Waals surface area contributed by atoms with E-state index in [0.717, 1.165) is 16.5 Å². The van der Waals surface area contributed by atoms with Crippen LogP contribution < -0.4 is 16.0 Å². The third-order valence-corrected chi connectivity index (χ3v) is 5.17. The normalized spacial score (nSPS) is 10.7. The fourth-order valence-corrected chi connectivity index (χ4v) is 3.69. The first-order chi connectivity index (χ1) is 15.6. The Bertz CT molecular complexity index is 1250. The summed E-state index contributed by atoms with van der Waals surface area (Å²) in [4.78, 5) is 23.2. The Morgan fingerprint density at radius 3 is 2.56 bits per heavy atom. The van der Waals surface area contributed by atoms with Crippen molar-refractivity contribution in [3.63, 3.8) is 0 Å². The molecular formula is C25H25N5O2. The molecular weight excluding hydrogens is 402 g/mol. The van der Waals surface area contributed by atoms with Crippen LogP contribution >= 0.6 is 0 Å². The standard InChI is InChI=1S/C25H25N5O2/c1-3-30(21-15-9-11-17-10-5-6-12-18(17)21)24-22(26)23(27-16-28-24)29-20-14-8-7-13-19(20)25(31)32-4-2/h5-16H,3-4,26H2,1-2H3,(H,27,28,29). The van der Waals surface area contributed by atoms with Gasteiger partial charge in [-0.25, -0.2) is 14.8 Å². The second kappa shape index (κ2) is 9.34. The summed E-state index contributed by atoms with van der Waals surface area (Å²) in [6.45, 7) is 4.78. The van der Waals surface area contributed by atoms with E-state index in [9.17, 15) is 4.79 Å². The molecule has 3 aromatic carbocycles. The number of hydrogen-bond acceptors (Lipinski definition) is 7. The van der Waals surface area contributed by atoms with E-state index in [1.807, 2.05) is 31.2 Å². The summed E-state index contributed by atoms with van der Waals surface area (Å²) in [5, 5.41) is 5.43. The molecule has 7 nitrogen and oxygen atoms in total. The van der Waals surface area contributed by atoms with Crippen molar-refractivity contribution in [3.8, 4) is 0 Å². The molecule has 32 heavy (non-hydrogen) atoms. The fraction of sp³-hybridized carbons (Fsp3) is 0.160. The number of rotatable bonds is 7. The average molecular weight is 428 g/mol. The molecule has 0 spiro atoms. The van der Waals surface area contributed by atoms with Gasteiger partial charge >= 0.3 is 5.97 Å². The van der Waals surface area contributed by atoms with E-state index in [-0.39, 0.29) is 0 Å². The number of nitrogens with one attached hydrogen (secondary N) is 1. The van der Waals surface area contributed by atoms with Gasteiger partial charge in [-0.05, 0) is 37.4 Å². The fourth-order valence-electron chi connectivity index (χ4n) is 3.69. The molecule has 0 bridgehead atoms. The highest BCUT2D eigenvalue weighted by Gasteiger charge is 2.19. The van der Waals surface area contributed by atoms with Crippen molar-refractivity contribution < 1.29 is 9.53 Å². The van der Waals surface area contributed by atoms with Crippen molar-refractivity contribution in [3.05, 3.63) is 78.6 Å². The number of aromatic nitrogens is 2. The van der Waals surface area contributed by atoms with Gasteiger partial charge in [0.1, 0.15) is 12.0 Å². The summed E-state index contributed by atoms with van der Waals surface area (Å²) in [6.07, 6.45) is 1.47. The minimum Gasteiger partial charge on any atom is -0.462 e. The number of fused-ring (bicyclic) bond motifs is 1. The number of hydrogen-bond donors (Lipinski definition) is 2. The number of nitrogens with zero attached hydrogens (tertiary/aromatic N) is 3. The Kier molecular flexibility index (Phi) is 6.17. The second-order valence-corrected chi connectivity index (χ2v) is 7.09. The van der Waals surface area contributed by atoms with Crippen molar-refractivity contribution >= 4 is 45.4 Å². The van der Waals surface area contributed by atoms with Crippen LogP contribution in [-0.2, 0) is 4.74 Å². The lowest BCUT2D eigenvalue weighted by Crippen LogP contribution is -2.20. The van der Waals surface area contributed by atoms with E-state index in [2.05, 4.69) is 44.5 Å². The van der Waals surface area contributed by atoms with E-state index >= 15 is 0 Å². The summed E-state index contributed by atoms with van der Waals surface area (Å²) in [5.41, 5.74) is 8.90. The summed E-state index contributed by atoms with van der Waals surface area (Å²) in [6, 6.07) is 21.5. The Morgan fingerprint density at radius 1 is 1.00 bits per heavy atom. The molecule has 162 valence electrons. The zero-order valence-electron chi connectivity index (χ0n) is 18.1. The lowest BCUT2D eigenvalue weighted by Gasteiger charge is -2.25. The van der Waals surface area contributed by atoms with Crippen LogP contribution in [0.15, 0.2) is 73.1 Å². The molecule has 0 aliphatic rings. The first kappa shape index (κ1) is 21.1. The Morgan fingerprint density at radius 2 is 1.75 bits per heavy atom. The molecule has 4 aromatic rings. The number of ether oxygens (including phenoxy) is 1. The minimum absolute atomic E-state index is 0.295. The van der Waals surface area contributed by atoms with Gasteiger partial charge in [-0.2, -0.15) is 0 Å². The van der Waals surface area contributed by atoms with Gasteiger partial charge in [-0.3, -0.25) is 0 Å². The molecule has 0 radical (unpaired) electrons. The Balaban J connectivity index is 1.74. The van der Waals surface area contributed by atoms with Crippen LogP contribution in [0, 0.1) is 0 Å². The van der Waals surface area contributed by atoms with Gasteiger partial charge in [-0.1, -0.05) is 48.5 Å². The van der Waals surface area contributed by atoms with Crippen molar-refractivity contribution in [2.24, 2.45) is 0 Å². The van der Waals surface area contributed by atoms with Crippen molar-refractivity contribution in [2.75, 3.05) is 29.1 Å². The third-order valence-electron chi connectivity index (χ3n) is 5.17. The number of benzene rings is 3. The highest BCUT2D eigenvalue weighted by molar-refractivity contribution is 5.99. The zero-order chi connectivity index (χ0) is 22.5. The summed E-state index contributed by atoms with van der Waals surface area (Å²) in [7, 11) is 0. The first-order valence-corrected chi connectivity index (χ1v) is 10.5. The molecule has 0 saturated carbocycles. The van der Waals surface area contributed by atoms with Crippen molar-refractivity contribution in [1.29, 1.82) is 0 Å². The maximum atomic E-state index is 12.3. The third kappa shape index (κ3) is 4.05. The van der Waals surface area contributed by atoms with Crippen molar-refractivity contribution in [1.82, 2.24) is 9.97 Å². The number of carbonyl (C=O) groups is 1. The van der Waals surface area contributed by atoms with Gasteiger partial charge < -0.3 is 20.7 Å². The van der Waals surface area contributed by atoms with Gasteiger partial charge in [0.2, 0.25) is 0 Å². The molecule has 3 N–H and O–H groups in total. The molecule has 1 aromatic heterocycles. The number of carbonyl (C=O) groups excluding carboxylic acids is 1. The second-order valence-electron chi connectivity index (χ2n) is 7.09. The summed E-state index contributed by atoms with van der Waals surface area (Å²) < 4.78 is 5.16. The van der Waals surface area contributed by atoms with Gasteiger partial charge in [0, 0.05) is 11.9 Å². The van der Waals surface area contributed by atoms with Crippen LogP contribution in [-0.4, -0.2) is 29.1 Å². The molecule has 0 unspecified atom stereocenters. The van der Waals surface area contributed by atoms with E-state index in [1.165, 1.54) is 6.33 Å². The molecule has 0 amide bonds. The highest BCUT2D eigenvalue weighted by Crippen LogP contribution is 2.36. The van der Waals surface area contributed by atoms with Gasteiger partial charge in [0.15, 0.2) is 11.6 Å². The van der Waals surface area contributed by atoms with E-state index in [0.29, 0.717) is 41.7 Å². The summed E-state index contributed by atoms with van der Waals surface area (Å²) in [5.74, 6) is 0.606. The predicted molar refractivity (Wildman–Crippen MR) is 129 cm³/mol. The molecule has 1 heterocycles. The van der Waals surface area contributed by atoms with Crippen LogP contribution in [0.4, 0.5) is 28.7 Å². The number of anilines is 5. The van der Waals surface area contributed by atoms with Crippen LogP contribution in [0.5, 0.6) is 0 Å². The molecule has 4 rings (SSSR count). The largest absolute Gasteiger partial charge is 0.462 e. The molecule has 0 fully saturated rings. The Hall–Kier alpha value is -4.13. The first-order valence-electron chi connectivity index (χ1n) is 10.5. The maximum absolute atomic E-state index is 12.3. The lowest BCUT2D eigenvalue weighted by atomic mass is 10.1. The lowest BCUT2D eigenvalue weighted by molar-refractivity contribution is 0.0527. The maximum Gasteiger partial charge on any atom is 0.340 e. The van der Waals surface area contributed by atoms with Crippen LogP contribution in [0.3, 0.4) is 0 Å². The molecule has 0 atom stereocenters. The predicted octanol–water partition coefficient (Wildman–Crippen LogP) is 5.29. The monoisotopic (exact) mass is 427 g/mol. The SMILES string of the molecule is CCOC(=O)c1ccccc1Nc1ncnc(N(CC)c2cccc3ccccc23)c1N. The summed E-state index contributed by atoms with van der Waals surface area (Å²) >= 11 is 0. The number of esters is 1. The minimum atomic E-state index is -0.408. The smallest absolute Gasteiger partial charge is 0.340 e. The van der Waals surface area contributed by atoms with Crippen molar-refractivity contribution in [2.45, 2.75) is 13.8 Å². The molecule has 0 aliphatic carbocycles. The van der Waals surface area contributed by atoms with Crippen LogP contribution in [0.1, 0.15) is 24.2 Å². The number of nitrogen functional groups attached to an aromatic ring is 1. The average Bonchev–Trinajstić information content (AvgIpc) is 2.82. The molecule has 0 saturated heterocycles.